The van der Waals surface area contributed by atoms with Crippen LogP contribution in [0.1, 0.15) is 18.4 Å². The van der Waals surface area contributed by atoms with E-state index >= 15 is 0 Å². The molecule has 0 heterocycles. The highest BCUT2D eigenvalue weighted by Gasteiger charge is 2.04. The second-order valence-corrected chi connectivity index (χ2v) is 3.03. The van der Waals surface area contributed by atoms with Gasteiger partial charge in [0, 0.05) is 0 Å². The zero-order valence-corrected chi connectivity index (χ0v) is 7.53. The van der Waals surface area contributed by atoms with E-state index in [1.54, 1.807) is 6.07 Å². The Morgan fingerprint density at radius 1 is 1.15 bits per heavy atom. The Morgan fingerprint density at radius 2 is 1.92 bits per heavy atom. The third kappa shape index (κ3) is 2.63. The van der Waals surface area contributed by atoms with Crippen LogP contribution in [-0.2, 0) is 6.42 Å². The molecule has 1 aromatic rings. The van der Waals surface area contributed by atoms with Gasteiger partial charge >= 0.3 is 0 Å². The van der Waals surface area contributed by atoms with Gasteiger partial charge in [0.15, 0.2) is 11.5 Å². The minimum absolute atomic E-state index is 0.000443. The summed E-state index contributed by atoms with van der Waals surface area (Å²) in [6, 6.07) is 5.01. The summed E-state index contributed by atoms with van der Waals surface area (Å²) in [6.45, 7) is 0.666. The lowest BCUT2D eigenvalue weighted by Gasteiger charge is -2.04. The number of aromatic hydroxyl groups is 2. The maximum Gasteiger partial charge on any atom is 0.160 e. The van der Waals surface area contributed by atoms with E-state index in [2.05, 4.69) is 0 Å². The zero-order valence-electron chi connectivity index (χ0n) is 7.53. The van der Waals surface area contributed by atoms with Gasteiger partial charge in [-0.1, -0.05) is 12.1 Å². The average molecular weight is 181 g/mol. The molecule has 0 saturated heterocycles. The van der Waals surface area contributed by atoms with E-state index in [0.717, 1.165) is 24.8 Å². The van der Waals surface area contributed by atoms with Crippen molar-refractivity contribution in [2.45, 2.75) is 19.3 Å². The van der Waals surface area contributed by atoms with Crippen molar-refractivity contribution in [2.24, 2.45) is 5.73 Å². The van der Waals surface area contributed by atoms with Gasteiger partial charge in [0.05, 0.1) is 0 Å². The number of hydrogen-bond donors (Lipinski definition) is 3. The van der Waals surface area contributed by atoms with Gasteiger partial charge in [0.2, 0.25) is 0 Å². The van der Waals surface area contributed by atoms with Gasteiger partial charge in [0.1, 0.15) is 0 Å². The Hall–Kier alpha value is -1.22. The molecule has 0 aliphatic heterocycles. The Balaban J connectivity index is 2.61. The SMILES string of the molecule is NCCCCc1cccc(O)c1O. The molecule has 0 aromatic heterocycles. The molecule has 0 unspecified atom stereocenters. The highest BCUT2D eigenvalue weighted by Crippen LogP contribution is 2.28. The third-order valence-electron chi connectivity index (χ3n) is 2.00. The highest BCUT2D eigenvalue weighted by molar-refractivity contribution is 5.44. The number of rotatable bonds is 4. The largest absolute Gasteiger partial charge is 0.504 e. The van der Waals surface area contributed by atoms with Gasteiger partial charge in [-0.25, -0.2) is 0 Å². The van der Waals surface area contributed by atoms with E-state index in [0.29, 0.717) is 6.54 Å². The van der Waals surface area contributed by atoms with E-state index in [9.17, 15) is 10.2 Å². The second kappa shape index (κ2) is 4.72. The quantitative estimate of drug-likeness (QED) is 0.485. The predicted octanol–water partition coefficient (Wildman–Crippen LogP) is 1.38. The second-order valence-electron chi connectivity index (χ2n) is 3.03. The van der Waals surface area contributed by atoms with Crippen LogP contribution < -0.4 is 5.73 Å². The molecule has 1 aromatic carbocycles. The zero-order chi connectivity index (χ0) is 9.68. The topological polar surface area (TPSA) is 66.5 Å². The van der Waals surface area contributed by atoms with Crippen LogP contribution >= 0.6 is 0 Å². The van der Waals surface area contributed by atoms with E-state index in [-0.39, 0.29) is 11.5 Å². The van der Waals surface area contributed by atoms with Crippen molar-refractivity contribution in [3.05, 3.63) is 23.8 Å². The van der Waals surface area contributed by atoms with Crippen LogP contribution in [0.5, 0.6) is 11.5 Å². The molecule has 0 radical (unpaired) electrons. The lowest BCUT2D eigenvalue weighted by Crippen LogP contribution is -1.99. The molecule has 4 N–H and O–H groups in total. The summed E-state index contributed by atoms with van der Waals surface area (Å²) in [5.74, 6) is -0.0511. The highest BCUT2D eigenvalue weighted by atomic mass is 16.3. The molecular weight excluding hydrogens is 166 g/mol. The van der Waals surface area contributed by atoms with Gasteiger partial charge in [-0.3, -0.25) is 0 Å². The summed E-state index contributed by atoms with van der Waals surface area (Å²) < 4.78 is 0. The van der Waals surface area contributed by atoms with E-state index in [4.69, 9.17) is 5.73 Å². The van der Waals surface area contributed by atoms with E-state index in [1.807, 2.05) is 6.07 Å². The molecule has 3 nitrogen and oxygen atoms in total. The Bertz CT molecular complexity index is 274. The molecule has 0 amide bonds. The van der Waals surface area contributed by atoms with Crippen molar-refractivity contribution in [3.63, 3.8) is 0 Å². The number of unbranched alkanes of at least 4 members (excludes halogenated alkanes) is 1. The number of para-hydroxylation sites is 1. The van der Waals surface area contributed by atoms with Gasteiger partial charge < -0.3 is 15.9 Å². The van der Waals surface area contributed by atoms with Crippen LogP contribution in [0.2, 0.25) is 0 Å². The van der Waals surface area contributed by atoms with Gasteiger partial charge in [-0.05, 0) is 37.4 Å². The Morgan fingerprint density at radius 3 is 2.62 bits per heavy atom. The summed E-state index contributed by atoms with van der Waals surface area (Å²) >= 11 is 0. The first kappa shape index (κ1) is 9.86. The molecule has 13 heavy (non-hydrogen) atoms. The van der Waals surface area contributed by atoms with Crippen molar-refractivity contribution in [1.82, 2.24) is 0 Å². The summed E-state index contributed by atoms with van der Waals surface area (Å²) in [6.07, 6.45) is 2.64. The number of aryl methyl sites for hydroxylation is 1. The summed E-state index contributed by atoms with van der Waals surface area (Å²) in [7, 11) is 0. The molecular formula is C10H15NO2. The molecule has 0 fully saturated rings. The molecule has 0 aliphatic carbocycles. The fourth-order valence-electron chi connectivity index (χ4n) is 1.24. The summed E-state index contributed by atoms with van der Waals surface area (Å²) in [5, 5.41) is 18.6. The van der Waals surface area contributed by atoms with Crippen LogP contribution in [-0.4, -0.2) is 16.8 Å². The standard InChI is InChI=1S/C10H15NO2/c11-7-2-1-4-8-5-3-6-9(12)10(8)13/h3,5-6,12-13H,1-2,4,7,11H2. The van der Waals surface area contributed by atoms with Gasteiger partial charge in [0.25, 0.3) is 0 Å². The molecule has 0 atom stereocenters. The lowest BCUT2D eigenvalue weighted by molar-refractivity contribution is 0.399. The van der Waals surface area contributed by atoms with Crippen LogP contribution in [0.25, 0.3) is 0 Å². The van der Waals surface area contributed by atoms with Crippen LogP contribution in [0.15, 0.2) is 18.2 Å². The molecule has 3 heteroatoms. The van der Waals surface area contributed by atoms with Crippen molar-refractivity contribution in [2.75, 3.05) is 6.54 Å². The van der Waals surface area contributed by atoms with Gasteiger partial charge in [-0.2, -0.15) is 0 Å². The molecule has 1 rings (SSSR count). The van der Waals surface area contributed by atoms with Crippen LogP contribution in [0.4, 0.5) is 0 Å². The first-order valence-corrected chi connectivity index (χ1v) is 4.45. The van der Waals surface area contributed by atoms with Gasteiger partial charge in [-0.15, -0.1) is 0 Å². The minimum atomic E-state index is -0.0507. The first-order chi connectivity index (χ1) is 6.25. The monoisotopic (exact) mass is 181 g/mol. The molecule has 72 valence electrons. The molecule has 0 bridgehead atoms. The number of benzene rings is 1. The predicted molar refractivity (Wildman–Crippen MR) is 51.8 cm³/mol. The smallest absolute Gasteiger partial charge is 0.160 e. The normalized spacial score (nSPS) is 10.2. The fraction of sp³-hybridized carbons (Fsp3) is 0.400. The van der Waals surface area contributed by atoms with E-state index < -0.39 is 0 Å². The van der Waals surface area contributed by atoms with E-state index in [1.165, 1.54) is 6.07 Å². The maximum absolute atomic E-state index is 9.42. The Labute approximate surface area is 77.8 Å². The number of hydrogen-bond acceptors (Lipinski definition) is 3. The average Bonchev–Trinajstić information content (AvgIpc) is 2.13. The number of nitrogens with two attached hydrogens (primary N) is 1. The van der Waals surface area contributed by atoms with Crippen molar-refractivity contribution in [1.29, 1.82) is 0 Å². The molecule has 0 saturated carbocycles. The van der Waals surface area contributed by atoms with Crippen molar-refractivity contribution < 1.29 is 10.2 Å². The summed E-state index contributed by atoms with van der Waals surface area (Å²) in [4.78, 5) is 0. The summed E-state index contributed by atoms with van der Waals surface area (Å²) in [5.41, 5.74) is 6.13. The maximum atomic E-state index is 9.42. The first-order valence-electron chi connectivity index (χ1n) is 4.45. The molecule has 0 aliphatic rings. The lowest BCUT2D eigenvalue weighted by atomic mass is 10.1. The number of phenols is 2. The minimum Gasteiger partial charge on any atom is -0.504 e. The van der Waals surface area contributed by atoms with Crippen LogP contribution in [0.3, 0.4) is 0 Å². The molecule has 0 spiro atoms. The van der Waals surface area contributed by atoms with Crippen molar-refractivity contribution >= 4 is 0 Å². The fourth-order valence-corrected chi connectivity index (χ4v) is 1.24. The Kier molecular flexibility index (Phi) is 3.58. The van der Waals surface area contributed by atoms with Crippen LogP contribution in [0, 0.1) is 0 Å². The third-order valence-corrected chi connectivity index (χ3v) is 2.00. The number of phenolic OH excluding ortho intramolecular Hbond substituents is 2. The van der Waals surface area contributed by atoms with Crippen molar-refractivity contribution in [3.8, 4) is 11.5 Å².